The van der Waals surface area contributed by atoms with Crippen LogP contribution in [0.1, 0.15) is 27.7 Å². The Kier molecular flexibility index (Phi) is 5.10. The molecule has 0 rings (SSSR count). The van der Waals surface area contributed by atoms with Crippen LogP contribution >= 0.6 is 11.6 Å². The Labute approximate surface area is 69.4 Å². The molecule has 0 amide bonds. The number of halogens is 1. The number of nitrogens with zero attached hydrogens (tertiary/aromatic N) is 1. The normalized spacial score (nSPS) is 12.0. The highest BCUT2D eigenvalue weighted by molar-refractivity contribution is 6.18. The van der Waals surface area contributed by atoms with Gasteiger partial charge >= 0.3 is 0 Å². The lowest BCUT2D eigenvalue weighted by Gasteiger charge is -2.18. The summed E-state index contributed by atoms with van der Waals surface area (Å²) in [7, 11) is 0. The predicted octanol–water partition coefficient (Wildman–Crippen LogP) is 2.18. The molecule has 0 saturated carbocycles. The summed E-state index contributed by atoms with van der Waals surface area (Å²) < 4.78 is 0. The van der Waals surface area contributed by atoms with Gasteiger partial charge in [-0.3, -0.25) is 0 Å². The lowest BCUT2D eigenvalue weighted by molar-refractivity contribution is 0.311. The van der Waals surface area contributed by atoms with E-state index in [2.05, 4.69) is 32.6 Å². The van der Waals surface area contributed by atoms with E-state index in [1.54, 1.807) is 0 Å². The molecule has 10 heavy (non-hydrogen) atoms. The van der Waals surface area contributed by atoms with Gasteiger partial charge in [0.2, 0.25) is 0 Å². The topological polar surface area (TPSA) is 5.90 Å². The molecule has 1 radical (unpaired) electrons. The van der Waals surface area contributed by atoms with Gasteiger partial charge in [0.05, 0.1) is 5.88 Å². The first-order valence-corrected chi connectivity index (χ1v) is 4.44. The predicted molar refractivity (Wildman–Crippen MR) is 48.0 cm³/mol. The first kappa shape index (κ1) is 10.2. The zero-order chi connectivity index (χ0) is 8.15. The molecule has 0 heterocycles. The van der Waals surface area contributed by atoms with Gasteiger partial charge in [0.15, 0.2) is 0 Å². The van der Waals surface area contributed by atoms with Crippen molar-refractivity contribution < 1.29 is 0 Å². The summed E-state index contributed by atoms with van der Waals surface area (Å²) >= 11 is 5.64. The van der Waals surface area contributed by atoms with Gasteiger partial charge in [-0.1, -0.05) is 0 Å². The van der Waals surface area contributed by atoms with Crippen LogP contribution in [0, 0.1) is 0 Å². The summed E-state index contributed by atoms with van der Waals surface area (Å²) in [5, 5.41) is 0. The van der Waals surface area contributed by atoms with Crippen molar-refractivity contribution in [1.29, 1.82) is 0 Å². The quantitative estimate of drug-likeness (QED) is 0.443. The van der Waals surface area contributed by atoms with Crippen molar-refractivity contribution in [2.75, 3.05) is 12.4 Å². The van der Waals surface area contributed by atoms with Gasteiger partial charge in [-0.2, -0.15) is 4.90 Å². The third-order valence-electron chi connectivity index (χ3n) is 1.67. The third-order valence-corrected chi connectivity index (χ3v) is 1.84. The van der Waals surface area contributed by atoms with Crippen molar-refractivity contribution in [3.63, 3.8) is 0 Å². The molecule has 61 valence electrons. The van der Waals surface area contributed by atoms with E-state index < -0.39 is 0 Å². The van der Waals surface area contributed by atoms with E-state index in [1.165, 1.54) is 0 Å². The molecule has 0 aliphatic carbocycles. The Balaban J connectivity index is 3.73. The number of hydrogen-bond donors (Lipinski definition) is 0. The zero-order valence-corrected chi connectivity index (χ0v) is 8.15. The maximum atomic E-state index is 5.64. The van der Waals surface area contributed by atoms with Gasteiger partial charge in [-0.25, -0.2) is 0 Å². The summed E-state index contributed by atoms with van der Waals surface area (Å²) in [6.07, 6.45) is 0. The summed E-state index contributed by atoms with van der Waals surface area (Å²) in [6.45, 7) is 9.80. The van der Waals surface area contributed by atoms with Gasteiger partial charge in [0, 0.05) is 0 Å². The summed E-state index contributed by atoms with van der Waals surface area (Å²) in [4.78, 5) is 2.38. The number of rotatable bonds is 4. The van der Waals surface area contributed by atoms with E-state index >= 15 is 0 Å². The smallest absolute Gasteiger partial charge is 0.136 e. The SMILES string of the molecule is CC(C)[N+](CCCl)C(C)C. The van der Waals surface area contributed by atoms with E-state index in [9.17, 15) is 0 Å². The minimum absolute atomic E-state index is 0.610. The second-order valence-electron chi connectivity index (χ2n) is 3.11. The highest BCUT2D eigenvalue weighted by Crippen LogP contribution is 2.00. The summed E-state index contributed by atoms with van der Waals surface area (Å²) in [5.74, 6) is 0.732. The monoisotopic (exact) mass is 163 g/mol. The molecule has 0 aliphatic rings. The van der Waals surface area contributed by atoms with Crippen LogP contribution in [0.25, 0.3) is 0 Å². The van der Waals surface area contributed by atoms with Crippen LogP contribution in [0.4, 0.5) is 0 Å². The van der Waals surface area contributed by atoms with Crippen LogP contribution in [0.3, 0.4) is 0 Å². The second-order valence-corrected chi connectivity index (χ2v) is 3.49. The second kappa shape index (κ2) is 4.97. The molecule has 0 fully saturated rings. The minimum Gasteiger partial charge on any atom is -0.165 e. The average Bonchev–Trinajstić information content (AvgIpc) is 1.81. The fourth-order valence-corrected chi connectivity index (χ4v) is 1.41. The zero-order valence-electron chi connectivity index (χ0n) is 7.39. The maximum Gasteiger partial charge on any atom is 0.136 e. The van der Waals surface area contributed by atoms with Gasteiger partial charge < -0.3 is 0 Å². The van der Waals surface area contributed by atoms with E-state index in [1.807, 2.05) is 0 Å². The highest BCUT2D eigenvalue weighted by atomic mass is 35.5. The molecular weight excluding hydrogens is 146 g/mol. The van der Waals surface area contributed by atoms with E-state index in [0.717, 1.165) is 12.4 Å². The van der Waals surface area contributed by atoms with Crippen LogP contribution in [-0.4, -0.2) is 24.5 Å². The first-order valence-electron chi connectivity index (χ1n) is 3.91. The molecule has 0 aromatic carbocycles. The van der Waals surface area contributed by atoms with E-state index in [-0.39, 0.29) is 0 Å². The lowest BCUT2D eigenvalue weighted by Crippen LogP contribution is -2.44. The van der Waals surface area contributed by atoms with Crippen LogP contribution in [0.5, 0.6) is 0 Å². The third kappa shape index (κ3) is 3.43. The number of hydrogen-bond acceptors (Lipinski definition) is 1. The number of alkyl halides is 1. The largest absolute Gasteiger partial charge is 0.165 e. The molecular formula is C8H18ClN+. The van der Waals surface area contributed by atoms with Crippen molar-refractivity contribution >= 4 is 11.6 Å². The molecule has 0 spiro atoms. The van der Waals surface area contributed by atoms with Crippen molar-refractivity contribution in [2.45, 2.75) is 39.8 Å². The molecule has 0 aromatic rings. The Morgan fingerprint density at radius 2 is 1.50 bits per heavy atom. The van der Waals surface area contributed by atoms with Gasteiger partial charge in [-0.05, 0) is 27.7 Å². The molecule has 0 aliphatic heterocycles. The van der Waals surface area contributed by atoms with Crippen molar-refractivity contribution in [3.05, 3.63) is 0 Å². The Bertz CT molecular complexity index is 73.3. The van der Waals surface area contributed by atoms with Crippen LogP contribution in [0.15, 0.2) is 0 Å². The fourth-order valence-electron chi connectivity index (χ4n) is 1.21. The Morgan fingerprint density at radius 1 is 1.10 bits per heavy atom. The standard InChI is InChI=1S/C8H18ClN/c1-7(2)10(6-5-9)8(3)4/h7-8H,5-6H2,1-4H3/q+1. The lowest BCUT2D eigenvalue weighted by atomic mass is 10.2. The molecule has 0 atom stereocenters. The molecule has 0 unspecified atom stereocenters. The molecule has 1 nitrogen and oxygen atoms in total. The Morgan fingerprint density at radius 3 is 1.60 bits per heavy atom. The molecule has 0 aromatic heterocycles. The highest BCUT2D eigenvalue weighted by Gasteiger charge is 2.21. The van der Waals surface area contributed by atoms with Crippen LogP contribution in [0.2, 0.25) is 0 Å². The van der Waals surface area contributed by atoms with Gasteiger partial charge in [0.1, 0.15) is 18.6 Å². The molecule has 2 heteroatoms. The summed E-state index contributed by atoms with van der Waals surface area (Å²) in [6, 6.07) is 1.22. The molecule has 0 N–H and O–H groups in total. The van der Waals surface area contributed by atoms with E-state index in [4.69, 9.17) is 11.6 Å². The van der Waals surface area contributed by atoms with E-state index in [0.29, 0.717) is 12.1 Å². The summed E-state index contributed by atoms with van der Waals surface area (Å²) in [5.41, 5.74) is 0. The van der Waals surface area contributed by atoms with Crippen molar-refractivity contribution in [3.8, 4) is 0 Å². The maximum absolute atomic E-state index is 5.64. The first-order chi connectivity index (χ1) is 4.59. The Hall–Kier alpha value is 0.250. The average molecular weight is 164 g/mol. The minimum atomic E-state index is 0.610. The van der Waals surface area contributed by atoms with Crippen molar-refractivity contribution in [1.82, 2.24) is 4.90 Å². The fraction of sp³-hybridized carbons (Fsp3) is 1.00. The molecule has 0 saturated heterocycles. The van der Waals surface area contributed by atoms with Gasteiger partial charge in [-0.15, -0.1) is 11.6 Å². The van der Waals surface area contributed by atoms with Crippen molar-refractivity contribution in [2.24, 2.45) is 0 Å². The van der Waals surface area contributed by atoms with Crippen LogP contribution in [-0.2, 0) is 0 Å². The van der Waals surface area contributed by atoms with Crippen LogP contribution < -0.4 is 4.90 Å². The molecule has 0 bridgehead atoms. The van der Waals surface area contributed by atoms with Gasteiger partial charge in [0.25, 0.3) is 0 Å².